The second-order valence-corrected chi connectivity index (χ2v) is 5.30. The van der Waals surface area contributed by atoms with Crippen LogP contribution in [0.4, 0.5) is 4.79 Å². The molecule has 0 saturated carbocycles. The lowest BCUT2D eigenvalue weighted by molar-refractivity contribution is 0.0507. The number of ether oxygens (including phenoxy) is 1. The lowest BCUT2D eigenvalue weighted by atomic mass is 10.1. The number of benzene rings is 1. The first-order valence-electron chi connectivity index (χ1n) is 6.02. The number of rotatable bonds is 3. The predicted octanol–water partition coefficient (Wildman–Crippen LogP) is 2.97. The Morgan fingerprint density at radius 3 is 2.47 bits per heavy atom. The Balaban J connectivity index is 2.73. The summed E-state index contributed by atoms with van der Waals surface area (Å²) in [5, 5.41) is 11.6. The zero-order valence-electron chi connectivity index (χ0n) is 11.6. The molecule has 1 rings (SSSR count). The Bertz CT molecular complexity index is 477. The van der Waals surface area contributed by atoms with Gasteiger partial charge in [0.25, 0.3) is 0 Å². The Hall–Kier alpha value is -2.04. The maximum atomic E-state index is 11.6. The van der Waals surface area contributed by atoms with Crippen LogP contribution in [0.3, 0.4) is 0 Å². The van der Waals surface area contributed by atoms with Crippen LogP contribution >= 0.6 is 0 Å². The molecule has 2 N–H and O–H groups in total. The molecule has 1 atom stereocenters. The fourth-order valence-electron chi connectivity index (χ4n) is 1.51. The molecule has 0 saturated heterocycles. The van der Waals surface area contributed by atoms with Crippen molar-refractivity contribution >= 4 is 12.1 Å². The van der Waals surface area contributed by atoms with Crippen LogP contribution in [0.1, 0.15) is 49.7 Å². The van der Waals surface area contributed by atoms with Crippen molar-refractivity contribution in [3.63, 3.8) is 0 Å². The van der Waals surface area contributed by atoms with Gasteiger partial charge >= 0.3 is 12.1 Å². The number of amides is 1. The summed E-state index contributed by atoms with van der Waals surface area (Å²) in [6, 6.07) is 6.12. The molecule has 0 heterocycles. The molecular formula is C14H19NO4. The van der Waals surface area contributed by atoms with Gasteiger partial charge in [0.2, 0.25) is 0 Å². The third kappa shape index (κ3) is 4.99. The van der Waals surface area contributed by atoms with E-state index in [4.69, 9.17) is 9.84 Å². The number of carboxylic acid groups (broad SMARTS) is 1. The number of nitrogens with one attached hydrogen (secondary N) is 1. The van der Waals surface area contributed by atoms with Crippen LogP contribution in [-0.2, 0) is 4.74 Å². The van der Waals surface area contributed by atoms with E-state index < -0.39 is 17.7 Å². The zero-order chi connectivity index (χ0) is 14.6. The summed E-state index contributed by atoms with van der Waals surface area (Å²) in [5.41, 5.74) is 0.341. The average molecular weight is 265 g/mol. The maximum absolute atomic E-state index is 11.6. The van der Waals surface area contributed by atoms with Crippen LogP contribution in [0.25, 0.3) is 0 Å². The van der Waals surface area contributed by atoms with Crippen molar-refractivity contribution in [3.05, 3.63) is 35.4 Å². The van der Waals surface area contributed by atoms with Gasteiger partial charge in [0.05, 0.1) is 11.6 Å². The maximum Gasteiger partial charge on any atom is 0.408 e. The van der Waals surface area contributed by atoms with Gasteiger partial charge in [-0.3, -0.25) is 0 Å². The van der Waals surface area contributed by atoms with E-state index >= 15 is 0 Å². The minimum absolute atomic E-state index is 0.190. The SMILES string of the molecule is C[C@@H](NC(=O)OC(C)(C)C)c1cccc(C(=O)O)c1. The third-order valence-corrected chi connectivity index (χ3v) is 2.37. The van der Waals surface area contributed by atoms with Crippen LogP contribution in [0.15, 0.2) is 24.3 Å². The molecular weight excluding hydrogens is 246 g/mol. The topological polar surface area (TPSA) is 75.6 Å². The summed E-state index contributed by atoms with van der Waals surface area (Å²) >= 11 is 0. The molecule has 0 unspecified atom stereocenters. The molecule has 0 aliphatic heterocycles. The summed E-state index contributed by atoms with van der Waals surface area (Å²) in [4.78, 5) is 22.5. The van der Waals surface area contributed by atoms with Crippen molar-refractivity contribution in [2.24, 2.45) is 0 Å². The number of aromatic carboxylic acids is 1. The minimum Gasteiger partial charge on any atom is -0.478 e. The van der Waals surface area contributed by atoms with Gasteiger partial charge in [0, 0.05) is 0 Å². The Labute approximate surface area is 112 Å². The Kier molecular flexibility index (Phi) is 4.53. The molecule has 5 heteroatoms. The lowest BCUT2D eigenvalue weighted by Crippen LogP contribution is -2.34. The molecule has 0 aromatic heterocycles. The van der Waals surface area contributed by atoms with Crippen molar-refractivity contribution in [1.82, 2.24) is 5.32 Å². The second-order valence-electron chi connectivity index (χ2n) is 5.30. The summed E-state index contributed by atoms with van der Waals surface area (Å²) < 4.78 is 5.14. The van der Waals surface area contributed by atoms with Crippen LogP contribution < -0.4 is 5.32 Å². The molecule has 104 valence electrons. The first kappa shape index (κ1) is 15.0. The van der Waals surface area contributed by atoms with Gasteiger partial charge in [-0.25, -0.2) is 9.59 Å². The van der Waals surface area contributed by atoms with E-state index in [2.05, 4.69) is 5.32 Å². The molecule has 0 spiro atoms. The van der Waals surface area contributed by atoms with E-state index in [-0.39, 0.29) is 11.6 Å². The van der Waals surface area contributed by atoms with E-state index in [1.54, 1.807) is 39.8 Å². The van der Waals surface area contributed by atoms with Gasteiger partial charge in [0.1, 0.15) is 5.60 Å². The normalized spacial score (nSPS) is 12.6. The quantitative estimate of drug-likeness (QED) is 0.881. The molecule has 0 aliphatic rings. The zero-order valence-corrected chi connectivity index (χ0v) is 11.6. The van der Waals surface area contributed by atoms with Crippen molar-refractivity contribution in [2.45, 2.75) is 39.3 Å². The number of hydrogen-bond donors (Lipinski definition) is 2. The van der Waals surface area contributed by atoms with E-state index in [9.17, 15) is 9.59 Å². The second kappa shape index (κ2) is 5.73. The molecule has 19 heavy (non-hydrogen) atoms. The van der Waals surface area contributed by atoms with Crippen LogP contribution in [-0.4, -0.2) is 22.8 Å². The monoisotopic (exact) mass is 265 g/mol. The van der Waals surface area contributed by atoms with E-state index in [1.807, 2.05) is 0 Å². The molecule has 0 radical (unpaired) electrons. The summed E-state index contributed by atoms with van der Waals surface area (Å²) in [5.74, 6) is -0.994. The average Bonchev–Trinajstić information content (AvgIpc) is 2.26. The highest BCUT2D eigenvalue weighted by atomic mass is 16.6. The lowest BCUT2D eigenvalue weighted by Gasteiger charge is -2.22. The summed E-state index contributed by atoms with van der Waals surface area (Å²) in [6.45, 7) is 7.11. The molecule has 0 fully saturated rings. The van der Waals surface area contributed by atoms with E-state index in [0.29, 0.717) is 5.56 Å². The van der Waals surface area contributed by atoms with E-state index in [1.165, 1.54) is 12.1 Å². The van der Waals surface area contributed by atoms with Gasteiger partial charge in [-0.1, -0.05) is 12.1 Å². The van der Waals surface area contributed by atoms with Gasteiger partial charge in [0.15, 0.2) is 0 Å². The summed E-state index contributed by atoms with van der Waals surface area (Å²) in [7, 11) is 0. The van der Waals surface area contributed by atoms with Crippen molar-refractivity contribution < 1.29 is 19.4 Å². The van der Waals surface area contributed by atoms with Crippen molar-refractivity contribution in [1.29, 1.82) is 0 Å². The highest BCUT2D eigenvalue weighted by Gasteiger charge is 2.18. The highest BCUT2D eigenvalue weighted by Crippen LogP contribution is 2.15. The number of alkyl carbamates (subject to hydrolysis) is 1. The fourth-order valence-corrected chi connectivity index (χ4v) is 1.51. The predicted molar refractivity (Wildman–Crippen MR) is 71.2 cm³/mol. The molecule has 1 aromatic carbocycles. The van der Waals surface area contributed by atoms with Crippen molar-refractivity contribution in [2.75, 3.05) is 0 Å². The number of carbonyl (C=O) groups is 2. The van der Waals surface area contributed by atoms with Crippen LogP contribution in [0.5, 0.6) is 0 Å². The number of carboxylic acids is 1. The molecule has 1 amide bonds. The van der Waals surface area contributed by atoms with Gasteiger partial charge in [-0.15, -0.1) is 0 Å². The highest BCUT2D eigenvalue weighted by molar-refractivity contribution is 5.87. The first-order chi connectivity index (χ1) is 8.69. The minimum atomic E-state index is -0.994. The first-order valence-corrected chi connectivity index (χ1v) is 6.02. The molecule has 0 bridgehead atoms. The summed E-state index contributed by atoms with van der Waals surface area (Å²) in [6.07, 6.45) is -0.527. The third-order valence-electron chi connectivity index (χ3n) is 2.37. The number of carbonyl (C=O) groups excluding carboxylic acids is 1. The van der Waals surface area contributed by atoms with Crippen molar-refractivity contribution in [3.8, 4) is 0 Å². The van der Waals surface area contributed by atoms with Gasteiger partial charge in [-0.2, -0.15) is 0 Å². The number of hydrogen-bond acceptors (Lipinski definition) is 3. The van der Waals surface area contributed by atoms with Gasteiger partial charge in [-0.05, 0) is 45.4 Å². The largest absolute Gasteiger partial charge is 0.478 e. The molecule has 5 nitrogen and oxygen atoms in total. The smallest absolute Gasteiger partial charge is 0.408 e. The van der Waals surface area contributed by atoms with Crippen LogP contribution in [0.2, 0.25) is 0 Å². The fraction of sp³-hybridized carbons (Fsp3) is 0.429. The Morgan fingerprint density at radius 1 is 1.32 bits per heavy atom. The van der Waals surface area contributed by atoms with Gasteiger partial charge < -0.3 is 15.2 Å². The van der Waals surface area contributed by atoms with E-state index in [0.717, 1.165) is 0 Å². The van der Waals surface area contributed by atoms with Crippen LogP contribution in [0, 0.1) is 0 Å². The standard InChI is InChI=1S/C14H19NO4/c1-9(15-13(18)19-14(2,3)4)10-6-5-7-11(8-10)12(16)17/h5-9H,1-4H3,(H,15,18)(H,16,17)/t9-/m1/s1. The Morgan fingerprint density at radius 2 is 1.95 bits per heavy atom. The molecule has 1 aromatic rings. The molecule has 0 aliphatic carbocycles.